The smallest absolute Gasteiger partial charge is 0.409 e. The average molecular weight is 385 g/mol. The molecule has 0 bridgehead atoms. The van der Waals surface area contributed by atoms with E-state index in [1.807, 2.05) is 31.2 Å². The van der Waals surface area contributed by atoms with Crippen molar-refractivity contribution in [1.29, 1.82) is 0 Å². The summed E-state index contributed by atoms with van der Waals surface area (Å²) in [6, 6.07) is 9.76. The molecule has 7 heteroatoms. The summed E-state index contributed by atoms with van der Waals surface area (Å²) in [5, 5.41) is 10.4. The molecule has 0 unspecified atom stereocenters. The number of rotatable bonds is 5. The van der Waals surface area contributed by atoms with Crippen LogP contribution in [0, 0.1) is 6.92 Å². The monoisotopic (exact) mass is 385 g/mol. The lowest BCUT2D eigenvalue weighted by Gasteiger charge is -2.34. The lowest BCUT2D eigenvalue weighted by atomic mass is 10.1. The summed E-state index contributed by atoms with van der Waals surface area (Å²) in [6.45, 7) is 7.55. The number of amides is 1. The van der Waals surface area contributed by atoms with Crippen LogP contribution in [0.3, 0.4) is 0 Å². The highest BCUT2D eigenvalue weighted by Gasteiger charge is 2.23. The van der Waals surface area contributed by atoms with Crippen LogP contribution in [0.25, 0.3) is 0 Å². The molecule has 3 rings (SSSR count). The van der Waals surface area contributed by atoms with E-state index in [2.05, 4.69) is 4.90 Å². The average Bonchev–Trinajstić information content (AvgIpc) is 2.68. The van der Waals surface area contributed by atoms with E-state index in [1.165, 1.54) is 4.57 Å². The first kappa shape index (κ1) is 19.9. The van der Waals surface area contributed by atoms with Crippen molar-refractivity contribution in [2.75, 3.05) is 32.8 Å². The van der Waals surface area contributed by atoms with E-state index < -0.39 is 0 Å². The van der Waals surface area contributed by atoms with Crippen LogP contribution in [-0.4, -0.2) is 58.4 Å². The van der Waals surface area contributed by atoms with Crippen LogP contribution < -0.4 is 5.56 Å². The quantitative estimate of drug-likeness (QED) is 0.854. The topological polar surface area (TPSA) is 75.0 Å². The molecule has 1 aromatic carbocycles. The maximum absolute atomic E-state index is 12.6. The van der Waals surface area contributed by atoms with Gasteiger partial charge >= 0.3 is 6.09 Å². The van der Waals surface area contributed by atoms with Gasteiger partial charge in [-0.15, -0.1) is 0 Å². The Labute approximate surface area is 164 Å². The Bertz CT molecular complexity index is 885. The van der Waals surface area contributed by atoms with Gasteiger partial charge in [0, 0.05) is 44.5 Å². The van der Waals surface area contributed by atoms with Crippen LogP contribution in [0.4, 0.5) is 4.79 Å². The Balaban J connectivity index is 1.64. The molecule has 150 valence electrons. The van der Waals surface area contributed by atoms with Gasteiger partial charge in [-0.25, -0.2) is 4.79 Å². The molecule has 1 aliphatic rings. The molecule has 28 heavy (non-hydrogen) atoms. The number of ether oxygens (including phenoxy) is 1. The second-order valence-electron chi connectivity index (χ2n) is 7.07. The maximum Gasteiger partial charge on any atom is 0.409 e. The van der Waals surface area contributed by atoms with Gasteiger partial charge in [0.15, 0.2) is 5.75 Å². The van der Waals surface area contributed by atoms with Crippen LogP contribution in [0.15, 0.2) is 41.3 Å². The lowest BCUT2D eigenvalue weighted by molar-refractivity contribution is 0.0776. The fourth-order valence-corrected chi connectivity index (χ4v) is 3.40. The van der Waals surface area contributed by atoms with Crippen LogP contribution >= 0.6 is 0 Å². The number of hydrogen-bond acceptors (Lipinski definition) is 5. The predicted octanol–water partition coefficient (Wildman–Crippen LogP) is 2.18. The molecule has 0 spiro atoms. The molecule has 1 N–H and O–H groups in total. The van der Waals surface area contributed by atoms with Crippen molar-refractivity contribution in [1.82, 2.24) is 14.4 Å². The molecule has 1 fully saturated rings. The van der Waals surface area contributed by atoms with Crippen molar-refractivity contribution in [3.8, 4) is 5.75 Å². The summed E-state index contributed by atoms with van der Waals surface area (Å²) in [6.07, 6.45) is 1.44. The highest BCUT2D eigenvalue weighted by molar-refractivity contribution is 5.67. The van der Waals surface area contributed by atoms with Gasteiger partial charge in [0.2, 0.25) is 0 Å². The molecule has 7 nitrogen and oxygen atoms in total. The summed E-state index contributed by atoms with van der Waals surface area (Å²) in [5.74, 6) is -0.206. The molecular weight excluding hydrogens is 358 g/mol. The minimum atomic E-state index is -0.385. The Hall–Kier alpha value is -2.80. The number of carbonyl (C=O) groups excluding carboxylic acids is 1. The number of piperazine rings is 1. The van der Waals surface area contributed by atoms with E-state index in [4.69, 9.17) is 4.74 Å². The first-order valence-corrected chi connectivity index (χ1v) is 9.59. The first-order chi connectivity index (χ1) is 13.5. The molecule has 0 atom stereocenters. The highest BCUT2D eigenvalue weighted by atomic mass is 16.6. The normalized spacial score (nSPS) is 14.9. The SMILES string of the molecule is CCOC(=O)N1CCN(Cc2ccn(Cc3cccc(C)c3)c(=O)c2O)CC1. The Kier molecular flexibility index (Phi) is 6.36. The van der Waals surface area contributed by atoms with Gasteiger partial charge < -0.3 is 19.3 Å². The van der Waals surface area contributed by atoms with Gasteiger partial charge in [0.25, 0.3) is 5.56 Å². The summed E-state index contributed by atoms with van der Waals surface area (Å²) < 4.78 is 6.54. The standard InChI is InChI=1S/C21H27N3O4/c1-3-28-21(27)23-11-9-22(10-12-23)15-18-7-8-24(20(26)19(18)25)14-17-6-4-5-16(2)13-17/h4-8,13,25H,3,9-12,14-15H2,1-2H3. The summed E-state index contributed by atoms with van der Waals surface area (Å²) in [7, 11) is 0. The molecule has 1 amide bonds. The van der Waals surface area contributed by atoms with E-state index in [-0.39, 0.29) is 17.4 Å². The third-order valence-electron chi connectivity index (χ3n) is 4.95. The van der Waals surface area contributed by atoms with Gasteiger partial charge in [0.05, 0.1) is 13.2 Å². The van der Waals surface area contributed by atoms with E-state index in [0.717, 1.165) is 11.1 Å². The third-order valence-corrected chi connectivity index (χ3v) is 4.95. The van der Waals surface area contributed by atoms with Crippen molar-refractivity contribution in [3.05, 3.63) is 63.6 Å². The molecule has 2 heterocycles. The molecule has 1 saturated heterocycles. The van der Waals surface area contributed by atoms with Crippen molar-refractivity contribution in [3.63, 3.8) is 0 Å². The van der Waals surface area contributed by atoms with Crippen LogP contribution in [0.2, 0.25) is 0 Å². The van der Waals surface area contributed by atoms with Gasteiger partial charge in [-0.3, -0.25) is 9.69 Å². The molecular formula is C21H27N3O4. The number of nitrogens with zero attached hydrogens (tertiary/aromatic N) is 3. The maximum atomic E-state index is 12.6. The van der Waals surface area contributed by atoms with E-state index >= 15 is 0 Å². The number of hydrogen-bond donors (Lipinski definition) is 1. The number of benzene rings is 1. The van der Waals surface area contributed by atoms with Crippen molar-refractivity contribution >= 4 is 6.09 Å². The van der Waals surface area contributed by atoms with Gasteiger partial charge in [-0.2, -0.15) is 0 Å². The van der Waals surface area contributed by atoms with Gasteiger partial charge in [-0.1, -0.05) is 29.8 Å². The second-order valence-corrected chi connectivity index (χ2v) is 7.07. The first-order valence-electron chi connectivity index (χ1n) is 9.59. The number of aromatic nitrogens is 1. The van der Waals surface area contributed by atoms with Crippen molar-refractivity contribution in [2.45, 2.75) is 26.9 Å². The number of carbonyl (C=O) groups is 1. The van der Waals surface area contributed by atoms with Crippen LogP contribution in [0.5, 0.6) is 5.75 Å². The summed E-state index contributed by atoms with van der Waals surface area (Å²) in [5.41, 5.74) is 2.37. The fourth-order valence-electron chi connectivity index (χ4n) is 3.40. The predicted molar refractivity (Wildman–Crippen MR) is 107 cm³/mol. The van der Waals surface area contributed by atoms with Gasteiger partial charge in [0.1, 0.15) is 0 Å². The van der Waals surface area contributed by atoms with Gasteiger partial charge in [-0.05, 0) is 25.5 Å². The lowest BCUT2D eigenvalue weighted by Crippen LogP contribution is -2.48. The van der Waals surface area contributed by atoms with E-state index in [9.17, 15) is 14.7 Å². The van der Waals surface area contributed by atoms with Crippen molar-refractivity contribution in [2.24, 2.45) is 0 Å². The minimum Gasteiger partial charge on any atom is -0.503 e. The highest BCUT2D eigenvalue weighted by Crippen LogP contribution is 2.16. The molecule has 1 aromatic heterocycles. The summed E-state index contributed by atoms with van der Waals surface area (Å²) in [4.78, 5) is 28.1. The Morgan fingerprint density at radius 2 is 1.89 bits per heavy atom. The number of pyridine rings is 1. The minimum absolute atomic E-state index is 0.206. The zero-order valence-electron chi connectivity index (χ0n) is 16.4. The van der Waals surface area contributed by atoms with E-state index in [0.29, 0.717) is 51.4 Å². The zero-order valence-corrected chi connectivity index (χ0v) is 16.4. The zero-order chi connectivity index (χ0) is 20.1. The Morgan fingerprint density at radius 1 is 1.14 bits per heavy atom. The van der Waals surface area contributed by atoms with Crippen LogP contribution in [0.1, 0.15) is 23.6 Å². The molecule has 1 aliphatic heterocycles. The molecule has 0 saturated carbocycles. The largest absolute Gasteiger partial charge is 0.503 e. The van der Waals surface area contributed by atoms with E-state index in [1.54, 1.807) is 24.1 Å². The Morgan fingerprint density at radius 3 is 2.57 bits per heavy atom. The second kappa shape index (κ2) is 8.93. The molecule has 2 aromatic rings. The van der Waals surface area contributed by atoms with Crippen molar-refractivity contribution < 1.29 is 14.6 Å². The fraction of sp³-hybridized carbons (Fsp3) is 0.429. The molecule has 0 radical (unpaired) electrons. The number of aryl methyl sites for hydroxylation is 1. The third kappa shape index (κ3) is 4.72. The van der Waals surface area contributed by atoms with Crippen LogP contribution in [-0.2, 0) is 17.8 Å². The number of aromatic hydroxyl groups is 1. The molecule has 0 aliphatic carbocycles. The summed E-state index contributed by atoms with van der Waals surface area (Å²) >= 11 is 0.